The zero-order chi connectivity index (χ0) is 13.1. The molecule has 1 aromatic carbocycles. The fourth-order valence-corrected chi connectivity index (χ4v) is 2.24. The maximum Gasteiger partial charge on any atom is 0.143 e. The number of hydrogen-bond acceptors (Lipinski definition) is 3. The zero-order valence-electron chi connectivity index (χ0n) is 10.8. The molecule has 0 aliphatic rings. The predicted molar refractivity (Wildman–Crippen MR) is 77.4 cm³/mol. The molecule has 0 fully saturated rings. The van der Waals surface area contributed by atoms with Crippen LogP contribution >= 0.6 is 15.9 Å². The largest absolute Gasteiger partial charge is 0.313 e. The second kappa shape index (κ2) is 5.59. The van der Waals surface area contributed by atoms with Crippen LogP contribution in [-0.2, 0) is 6.54 Å². The molecule has 18 heavy (non-hydrogen) atoms. The number of benzene rings is 1. The Morgan fingerprint density at radius 1 is 1.17 bits per heavy atom. The number of aromatic nitrogens is 2. The summed E-state index contributed by atoms with van der Waals surface area (Å²) in [7, 11) is 1.90. The summed E-state index contributed by atoms with van der Waals surface area (Å²) in [6.07, 6.45) is 0. The highest BCUT2D eigenvalue weighted by Crippen LogP contribution is 2.25. The summed E-state index contributed by atoms with van der Waals surface area (Å²) in [6.45, 7) is 4.77. The third-order valence-corrected chi connectivity index (χ3v) is 3.20. The van der Waals surface area contributed by atoms with Gasteiger partial charge in [0, 0.05) is 15.7 Å². The second-order valence-corrected chi connectivity index (χ2v) is 5.22. The van der Waals surface area contributed by atoms with Crippen molar-refractivity contribution in [2.75, 3.05) is 7.05 Å². The van der Waals surface area contributed by atoms with Crippen molar-refractivity contribution < 1.29 is 0 Å². The third kappa shape index (κ3) is 2.94. The smallest absolute Gasteiger partial charge is 0.143 e. The first-order valence-electron chi connectivity index (χ1n) is 5.86. The Hall–Kier alpha value is -1.26. The van der Waals surface area contributed by atoms with Crippen LogP contribution in [0.5, 0.6) is 0 Å². The predicted octanol–water partition coefficient (Wildman–Crippen LogP) is 3.24. The molecule has 1 N–H and O–H groups in total. The lowest BCUT2D eigenvalue weighted by Gasteiger charge is -2.09. The van der Waals surface area contributed by atoms with E-state index >= 15 is 0 Å². The van der Waals surface area contributed by atoms with Gasteiger partial charge in [0.15, 0.2) is 0 Å². The molecule has 2 rings (SSSR count). The molecule has 94 valence electrons. The first kappa shape index (κ1) is 13.2. The fourth-order valence-electron chi connectivity index (χ4n) is 1.88. The lowest BCUT2D eigenvalue weighted by atomic mass is 10.1. The van der Waals surface area contributed by atoms with E-state index in [0.717, 1.165) is 27.2 Å². The van der Waals surface area contributed by atoms with E-state index in [1.54, 1.807) is 0 Å². The Kier molecular flexibility index (Phi) is 4.09. The van der Waals surface area contributed by atoms with Gasteiger partial charge in [0.1, 0.15) is 5.82 Å². The summed E-state index contributed by atoms with van der Waals surface area (Å²) < 4.78 is 1.06. The Bertz CT molecular complexity index is 567. The molecule has 0 bridgehead atoms. The molecule has 0 amide bonds. The Balaban J connectivity index is 2.52. The van der Waals surface area contributed by atoms with Gasteiger partial charge in [0.05, 0.1) is 12.2 Å². The summed E-state index contributed by atoms with van der Waals surface area (Å²) in [5.41, 5.74) is 4.33. The lowest BCUT2D eigenvalue weighted by Crippen LogP contribution is -2.10. The zero-order valence-corrected chi connectivity index (χ0v) is 12.4. The number of hydrogen-bond donors (Lipinski definition) is 1. The monoisotopic (exact) mass is 305 g/mol. The van der Waals surface area contributed by atoms with Gasteiger partial charge < -0.3 is 5.32 Å². The van der Waals surface area contributed by atoms with E-state index in [0.29, 0.717) is 6.54 Å². The molecule has 2 aromatic rings. The number of aryl methyl sites for hydroxylation is 2. The number of nitrogens with one attached hydrogen (secondary N) is 1. The molecule has 0 atom stereocenters. The molecule has 1 heterocycles. The van der Waals surface area contributed by atoms with Crippen LogP contribution in [-0.4, -0.2) is 17.0 Å². The van der Waals surface area contributed by atoms with Gasteiger partial charge in [0.25, 0.3) is 0 Å². The molecule has 3 nitrogen and oxygen atoms in total. The van der Waals surface area contributed by atoms with Crippen molar-refractivity contribution in [3.8, 4) is 11.3 Å². The van der Waals surface area contributed by atoms with Crippen LogP contribution in [0.25, 0.3) is 11.3 Å². The van der Waals surface area contributed by atoms with E-state index in [2.05, 4.69) is 50.3 Å². The van der Waals surface area contributed by atoms with Crippen LogP contribution < -0.4 is 5.32 Å². The Labute approximate surface area is 116 Å². The Morgan fingerprint density at radius 2 is 1.94 bits per heavy atom. The van der Waals surface area contributed by atoms with Gasteiger partial charge in [-0.3, -0.25) is 0 Å². The van der Waals surface area contributed by atoms with Crippen molar-refractivity contribution in [2.45, 2.75) is 20.4 Å². The maximum atomic E-state index is 4.60. The van der Waals surface area contributed by atoms with Gasteiger partial charge >= 0.3 is 0 Å². The molecular formula is C14H16BrN3. The summed E-state index contributed by atoms with van der Waals surface area (Å²) in [6, 6.07) is 8.25. The highest BCUT2D eigenvalue weighted by Gasteiger charge is 2.07. The van der Waals surface area contributed by atoms with Gasteiger partial charge in [-0.1, -0.05) is 22.0 Å². The molecular weight excluding hydrogens is 290 g/mol. The first-order valence-corrected chi connectivity index (χ1v) is 6.65. The fraction of sp³-hybridized carbons (Fsp3) is 0.286. The summed E-state index contributed by atoms with van der Waals surface area (Å²) in [4.78, 5) is 9.02. The normalized spacial score (nSPS) is 10.7. The van der Waals surface area contributed by atoms with Crippen molar-refractivity contribution in [3.63, 3.8) is 0 Å². The number of halogens is 1. The molecule has 4 heteroatoms. The first-order chi connectivity index (χ1) is 8.60. The molecule has 0 saturated carbocycles. The maximum absolute atomic E-state index is 4.60. The van der Waals surface area contributed by atoms with Crippen molar-refractivity contribution >= 4 is 15.9 Å². The van der Waals surface area contributed by atoms with Crippen LogP contribution in [0.15, 0.2) is 28.7 Å². The van der Waals surface area contributed by atoms with E-state index < -0.39 is 0 Å². The van der Waals surface area contributed by atoms with Gasteiger partial charge in [-0.05, 0) is 44.7 Å². The highest BCUT2D eigenvalue weighted by atomic mass is 79.9. The molecule has 0 aliphatic heterocycles. The van der Waals surface area contributed by atoms with Crippen LogP contribution in [0.1, 0.15) is 17.1 Å². The van der Waals surface area contributed by atoms with Crippen molar-refractivity contribution in [1.29, 1.82) is 0 Å². The minimum absolute atomic E-state index is 0.682. The van der Waals surface area contributed by atoms with Gasteiger partial charge in [-0.2, -0.15) is 0 Å². The van der Waals surface area contributed by atoms with E-state index in [4.69, 9.17) is 0 Å². The molecule has 0 spiro atoms. The minimum Gasteiger partial charge on any atom is -0.313 e. The van der Waals surface area contributed by atoms with Crippen LogP contribution in [0.3, 0.4) is 0 Å². The van der Waals surface area contributed by atoms with Gasteiger partial charge in [-0.25, -0.2) is 9.97 Å². The average Bonchev–Trinajstić information content (AvgIpc) is 2.32. The standard InChI is InChI=1S/C14H16BrN3/c1-9-4-5-11(15)7-12(9)13-6-10(2)17-14(18-13)8-16-3/h4-7,16H,8H2,1-3H3. The average molecular weight is 306 g/mol. The molecule has 0 saturated heterocycles. The Morgan fingerprint density at radius 3 is 2.67 bits per heavy atom. The minimum atomic E-state index is 0.682. The number of rotatable bonds is 3. The third-order valence-electron chi connectivity index (χ3n) is 2.71. The van der Waals surface area contributed by atoms with Gasteiger partial charge in [-0.15, -0.1) is 0 Å². The van der Waals surface area contributed by atoms with E-state index in [-0.39, 0.29) is 0 Å². The summed E-state index contributed by atoms with van der Waals surface area (Å²) in [5, 5.41) is 3.08. The lowest BCUT2D eigenvalue weighted by molar-refractivity contribution is 0.754. The van der Waals surface area contributed by atoms with Crippen molar-refractivity contribution in [2.24, 2.45) is 0 Å². The topological polar surface area (TPSA) is 37.8 Å². The molecule has 0 unspecified atom stereocenters. The van der Waals surface area contributed by atoms with Gasteiger partial charge in [0.2, 0.25) is 0 Å². The van der Waals surface area contributed by atoms with E-state index in [9.17, 15) is 0 Å². The number of nitrogens with zero attached hydrogens (tertiary/aromatic N) is 2. The van der Waals surface area contributed by atoms with Crippen molar-refractivity contribution in [3.05, 3.63) is 45.8 Å². The van der Waals surface area contributed by atoms with Crippen LogP contribution in [0.4, 0.5) is 0 Å². The van der Waals surface area contributed by atoms with Crippen LogP contribution in [0, 0.1) is 13.8 Å². The summed E-state index contributed by atoms with van der Waals surface area (Å²) >= 11 is 3.51. The summed E-state index contributed by atoms with van der Waals surface area (Å²) in [5.74, 6) is 0.826. The molecule has 1 aromatic heterocycles. The molecule has 0 aliphatic carbocycles. The van der Waals surface area contributed by atoms with Crippen LogP contribution in [0.2, 0.25) is 0 Å². The van der Waals surface area contributed by atoms with Crippen molar-refractivity contribution in [1.82, 2.24) is 15.3 Å². The highest BCUT2D eigenvalue weighted by molar-refractivity contribution is 9.10. The SMILES string of the molecule is CNCc1nc(C)cc(-c2cc(Br)ccc2C)n1. The van der Waals surface area contributed by atoms with E-state index in [1.165, 1.54) is 5.56 Å². The second-order valence-electron chi connectivity index (χ2n) is 4.30. The molecule has 0 radical (unpaired) electrons. The quantitative estimate of drug-likeness (QED) is 0.946. The van der Waals surface area contributed by atoms with E-state index in [1.807, 2.05) is 26.1 Å².